The Morgan fingerprint density at radius 3 is 2.53 bits per heavy atom. The van der Waals surface area contributed by atoms with Gasteiger partial charge in [0.1, 0.15) is 0 Å². The number of hydrogen-bond acceptors (Lipinski definition) is 1. The predicted octanol–water partition coefficient (Wildman–Crippen LogP) is 5.38. The molecule has 0 unspecified atom stereocenters. The molecule has 0 aliphatic carbocycles. The van der Waals surface area contributed by atoms with Crippen molar-refractivity contribution >= 4 is 28.8 Å². The first-order valence-corrected chi connectivity index (χ1v) is 6.74. The van der Waals surface area contributed by atoms with Gasteiger partial charge in [-0.05, 0) is 34.9 Å². The number of halogens is 2. The second-order valence-electron chi connectivity index (χ2n) is 4.97. The maximum Gasteiger partial charge on any atom is 0.0496 e. The van der Waals surface area contributed by atoms with E-state index in [0.717, 1.165) is 16.7 Å². The van der Waals surface area contributed by atoms with Crippen molar-refractivity contribution in [2.45, 2.75) is 19.3 Å². The number of benzene rings is 1. The van der Waals surface area contributed by atoms with Crippen molar-refractivity contribution in [1.29, 1.82) is 0 Å². The number of hydrogen-bond donors (Lipinski definition) is 0. The van der Waals surface area contributed by atoms with Crippen LogP contribution in [0.5, 0.6) is 0 Å². The minimum atomic E-state index is -0.244. The monoisotopic (exact) mass is 291 g/mol. The number of aromatic nitrogens is 1. The van der Waals surface area contributed by atoms with E-state index in [4.69, 9.17) is 23.2 Å². The topological polar surface area (TPSA) is 12.9 Å². The van der Waals surface area contributed by atoms with Crippen molar-refractivity contribution < 1.29 is 0 Å². The summed E-state index contributed by atoms with van der Waals surface area (Å²) in [5, 5.41) is 1.25. The van der Waals surface area contributed by atoms with Crippen molar-refractivity contribution in [3.8, 4) is 0 Å². The Morgan fingerprint density at radius 2 is 1.95 bits per heavy atom. The molecule has 98 valence electrons. The van der Waals surface area contributed by atoms with Crippen molar-refractivity contribution in [1.82, 2.24) is 4.98 Å². The molecular weight excluding hydrogens is 277 g/mol. The van der Waals surface area contributed by atoms with Gasteiger partial charge in [-0.1, -0.05) is 55.8 Å². The van der Waals surface area contributed by atoms with Crippen LogP contribution in [0, 0.1) is 0 Å². The fourth-order valence-corrected chi connectivity index (χ4v) is 2.50. The van der Waals surface area contributed by atoms with E-state index >= 15 is 0 Å². The molecule has 0 saturated carbocycles. The molecule has 1 aromatic carbocycles. The van der Waals surface area contributed by atoms with E-state index in [1.54, 1.807) is 12.3 Å². The van der Waals surface area contributed by atoms with Gasteiger partial charge >= 0.3 is 0 Å². The van der Waals surface area contributed by atoms with Crippen LogP contribution in [0.3, 0.4) is 0 Å². The first-order valence-electron chi connectivity index (χ1n) is 5.98. The summed E-state index contributed by atoms with van der Waals surface area (Å²) in [5.41, 5.74) is 2.72. The van der Waals surface area contributed by atoms with Crippen LogP contribution in [-0.2, 0) is 5.41 Å². The van der Waals surface area contributed by atoms with Crippen LogP contribution in [0.4, 0.5) is 0 Å². The third-order valence-corrected chi connectivity index (χ3v) is 3.94. The summed E-state index contributed by atoms with van der Waals surface area (Å²) < 4.78 is 0. The number of nitrogens with zero attached hydrogens (tertiary/aromatic N) is 1. The summed E-state index contributed by atoms with van der Waals surface area (Å²) >= 11 is 12.2. The zero-order valence-corrected chi connectivity index (χ0v) is 12.5. The van der Waals surface area contributed by atoms with E-state index in [9.17, 15) is 0 Å². The molecule has 1 aromatic heterocycles. The van der Waals surface area contributed by atoms with Crippen LogP contribution in [0.2, 0.25) is 10.0 Å². The molecule has 0 fully saturated rings. The van der Waals surface area contributed by atoms with Crippen LogP contribution in [0.1, 0.15) is 25.0 Å². The summed E-state index contributed by atoms with van der Waals surface area (Å²) in [6, 6.07) is 9.44. The van der Waals surface area contributed by atoms with Crippen molar-refractivity contribution in [2.75, 3.05) is 0 Å². The maximum absolute atomic E-state index is 6.26. The van der Waals surface area contributed by atoms with Crippen LogP contribution in [0.25, 0.3) is 5.57 Å². The molecule has 0 saturated heterocycles. The Morgan fingerprint density at radius 1 is 1.21 bits per heavy atom. The summed E-state index contributed by atoms with van der Waals surface area (Å²) in [5.74, 6) is 0. The predicted molar refractivity (Wildman–Crippen MR) is 82.8 cm³/mol. The van der Waals surface area contributed by atoms with E-state index in [0.29, 0.717) is 10.0 Å². The lowest BCUT2D eigenvalue weighted by Gasteiger charge is -2.28. The molecule has 2 aromatic rings. The number of pyridine rings is 1. The summed E-state index contributed by atoms with van der Waals surface area (Å²) in [4.78, 5) is 4.17. The van der Waals surface area contributed by atoms with Crippen molar-refractivity contribution in [2.24, 2.45) is 0 Å². The molecule has 0 spiro atoms. The number of allylic oxidation sites excluding steroid dienone is 1. The fourth-order valence-electron chi connectivity index (χ4n) is 1.98. The first-order chi connectivity index (χ1) is 8.93. The Balaban J connectivity index is 2.43. The van der Waals surface area contributed by atoms with E-state index in [1.165, 1.54) is 0 Å². The molecule has 3 heteroatoms. The molecule has 0 bridgehead atoms. The van der Waals surface area contributed by atoms with E-state index < -0.39 is 0 Å². The maximum atomic E-state index is 6.26. The lowest BCUT2D eigenvalue weighted by Crippen LogP contribution is -2.19. The van der Waals surface area contributed by atoms with Gasteiger partial charge in [0.2, 0.25) is 0 Å². The molecule has 0 amide bonds. The average Bonchev–Trinajstić information content (AvgIpc) is 2.39. The summed E-state index contributed by atoms with van der Waals surface area (Å²) in [7, 11) is 0. The molecule has 1 heterocycles. The van der Waals surface area contributed by atoms with Crippen LogP contribution < -0.4 is 0 Å². The van der Waals surface area contributed by atoms with Gasteiger partial charge < -0.3 is 0 Å². The van der Waals surface area contributed by atoms with Gasteiger partial charge in [-0.15, -0.1) is 0 Å². The molecule has 0 N–H and O–H groups in total. The lowest BCUT2D eigenvalue weighted by molar-refractivity contribution is 0.689. The Labute approximate surface area is 123 Å². The molecule has 1 nitrogen and oxygen atoms in total. The number of rotatable bonds is 3. The highest BCUT2D eigenvalue weighted by Gasteiger charge is 2.26. The normalized spacial score (nSPS) is 11.4. The zero-order chi connectivity index (χ0) is 14.0. The minimum absolute atomic E-state index is 0.244. The van der Waals surface area contributed by atoms with Gasteiger partial charge in [0, 0.05) is 27.9 Å². The van der Waals surface area contributed by atoms with Gasteiger partial charge in [0.15, 0.2) is 0 Å². The third kappa shape index (κ3) is 2.83. The van der Waals surface area contributed by atoms with Gasteiger partial charge in [-0.25, -0.2) is 0 Å². The quantitative estimate of drug-likeness (QED) is 0.740. The van der Waals surface area contributed by atoms with Gasteiger partial charge in [-0.3, -0.25) is 4.98 Å². The Hall–Kier alpha value is -1.31. The first kappa shape index (κ1) is 14.1. The summed E-state index contributed by atoms with van der Waals surface area (Å²) in [6.07, 6.45) is 3.62. The molecule has 0 radical (unpaired) electrons. The molecule has 0 aliphatic heterocycles. The second kappa shape index (κ2) is 5.36. The van der Waals surface area contributed by atoms with Gasteiger partial charge in [-0.2, -0.15) is 0 Å². The SMILES string of the molecule is C=C(c1ccc(Cl)cc1Cl)C(C)(C)c1cccnc1. The highest BCUT2D eigenvalue weighted by atomic mass is 35.5. The fraction of sp³-hybridized carbons (Fsp3) is 0.188. The molecule has 0 aliphatic rings. The van der Waals surface area contributed by atoms with Gasteiger partial charge in [0.25, 0.3) is 0 Å². The smallest absolute Gasteiger partial charge is 0.0496 e. The second-order valence-corrected chi connectivity index (χ2v) is 5.81. The zero-order valence-electron chi connectivity index (χ0n) is 11.0. The van der Waals surface area contributed by atoms with E-state index in [1.807, 2.05) is 30.5 Å². The van der Waals surface area contributed by atoms with E-state index in [-0.39, 0.29) is 5.41 Å². The third-order valence-electron chi connectivity index (χ3n) is 3.39. The molecular formula is C16H15Cl2N. The summed E-state index contributed by atoms with van der Waals surface area (Å²) in [6.45, 7) is 8.43. The molecule has 19 heavy (non-hydrogen) atoms. The molecule has 2 rings (SSSR count). The minimum Gasteiger partial charge on any atom is -0.264 e. The van der Waals surface area contributed by atoms with Crippen LogP contribution >= 0.6 is 23.2 Å². The van der Waals surface area contributed by atoms with Crippen LogP contribution in [0.15, 0.2) is 49.3 Å². The Bertz CT molecular complexity index is 603. The Kier molecular flexibility index (Phi) is 3.98. The van der Waals surface area contributed by atoms with Crippen molar-refractivity contribution in [3.63, 3.8) is 0 Å². The van der Waals surface area contributed by atoms with E-state index in [2.05, 4.69) is 25.4 Å². The highest BCUT2D eigenvalue weighted by Crippen LogP contribution is 2.39. The average molecular weight is 292 g/mol. The van der Waals surface area contributed by atoms with Crippen LogP contribution in [-0.4, -0.2) is 4.98 Å². The highest BCUT2D eigenvalue weighted by molar-refractivity contribution is 6.35. The van der Waals surface area contributed by atoms with Gasteiger partial charge in [0.05, 0.1) is 0 Å². The standard InChI is InChI=1S/C16H15Cl2N/c1-11(14-7-6-13(17)9-15(14)18)16(2,3)12-5-4-8-19-10-12/h4-10H,1H2,2-3H3. The molecule has 0 atom stereocenters. The van der Waals surface area contributed by atoms with Crippen molar-refractivity contribution in [3.05, 3.63) is 70.5 Å². The lowest BCUT2D eigenvalue weighted by atomic mass is 9.76. The largest absolute Gasteiger partial charge is 0.264 e.